The van der Waals surface area contributed by atoms with Crippen LogP contribution in [-0.2, 0) is 6.42 Å². The molecule has 1 aliphatic carbocycles. The lowest BCUT2D eigenvalue weighted by Crippen LogP contribution is -2.19. The molecule has 1 aliphatic rings. The molecule has 1 aromatic rings. The molecule has 0 bridgehead atoms. The number of alkyl halides is 1. The van der Waals surface area contributed by atoms with E-state index in [9.17, 15) is 4.39 Å². The SMILES string of the molecule is CCCNC1CCc2cc(OCCCF)ccc21. The van der Waals surface area contributed by atoms with Gasteiger partial charge in [0.15, 0.2) is 0 Å². The Labute approximate surface area is 109 Å². The monoisotopic (exact) mass is 251 g/mol. The van der Waals surface area contributed by atoms with Gasteiger partial charge >= 0.3 is 0 Å². The Morgan fingerprint density at radius 1 is 1.44 bits per heavy atom. The highest BCUT2D eigenvalue weighted by molar-refractivity contribution is 5.40. The molecular weight excluding hydrogens is 229 g/mol. The summed E-state index contributed by atoms with van der Waals surface area (Å²) in [6.07, 6.45) is 3.91. The van der Waals surface area contributed by atoms with E-state index in [1.807, 2.05) is 6.07 Å². The summed E-state index contributed by atoms with van der Waals surface area (Å²) in [5.74, 6) is 0.873. The summed E-state index contributed by atoms with van der Waals surface area (Å²) in [6, 6.07) is 6.77. The fourth-order valence-corrected chi connectivity index (χ4v) is 2.46. The van der Waals surface area contributed by atoms with Gasteiger partial charge in [-0.15, -0.1) is 0 Å². The number of benzene rings is 1. The molecule has 2 rings (SSSR count). The second-order valence-electron chi connectivity index (χ2n) is 4.80. The van der Waals surface area contributed by atoms with Crippen molar-refractivity contribution in [3.63, 3.8) is 0 Å². The van der Waals surface area contributed by atoms with Crippen LogP contribution in [-0.4, -0.2) is 19.8 Å². The molecule has 1 aromatic carbocycles. The molecule has 100 valence electrons. The Morgan fingerprint density at radius 3 is 3.11 bits per heavy atom. The van der Waals surface area contributed by atoms with Gasteiger partial charge in [0.25, 0.3) is 0 Å². The quantitative estimate of drug-likeness (QED) is 0.750. The zero-order chi connectivity index (χ0) is 12.8. The molecule has 0 heterocycles. The highest BCUT2D eigenvalue weighted by Gasteiger charge is 2.21. The lowest BCUT2D eigenvalue weighted by atomic mass is 10.1. The molecule has 3 heteroatoms. The highest BCUT2D eigenvalue weighted by Crippen LogP contribution is 2.33. The molecule has 0 aromatic heterocycles. The Morgan fingerprint density at radius 2 is 2.33 bits per heavy atom. The molecule has 18 heavy (non-hydrogen) atoms. The second kappa shape index (κ2) is 6.74. The molecule has 0 amide bonds. The van der Waals surface area contributed by atoms with Crippen LogP contribution >= 0.6 is 0 Å². The molecule has 0 radical (unpaired) electrons. The standard InChI is InChI=1S/C15H22FNO/c1-2-9-17-15-7-4-12-11-13(5-6-14(12)15)18-10-3-8-16/h5-6,11,15,17H,2-4,7-10H2,1H3. The number of hydrogen-bond acceptors (Lipinski definition) is 2. The van der Waals surface area contributed by atoms with E-state index >= 15 is 0 Å². The minimum atomic E-state index is -0.312. The zero-order valence-electron chi connectivity index (χ0n) is 11.0. The van der Waals surface area contributed by atoms with Crippen molar-refractivity contribution in [2.75, 3.05) is 19.8 Å². The van der Waals surface area contributed by atoms with E-state index in [4.69, 9.17) is 4.74 Å². The first-order chi connectivity index (χ1) is 8.85. The van der Waals surface area contributed by atoms with Crippen molar-refractivity contribution in [2.24, 2.45) is 0 Å². The van der Waals surface area contributed by atoms with Gasteiger partial charge in [-0.1, -0.05) is 13.0 Å². The topological polar surface area (TPSA) is 21.3 Å². The van der Waals surface area contributed by atoms with Crippen LogP contribution in [0.25, 0.3) is 0 Å². The fourth-order valence-electron chi connectivity index (χ4n) is 2.46. The van der Waals surface area contributed by atoms with Crippen molar-refractivity contribution in [1.29, 1.82) is 0 Å². The van der Waals surface area contributed by atoms with Crippen molar-refractivity contribution in [3.8, 4) is 5.75 Å². The maximum absolute atomic E-state index is 12.0. The summed E-state index contributed by atoms with van der Waals surface area (Å²) in [5.41, 5.74) is 2.78. The van der Waals surface area contributed by atoms with Crippen LogP contribution < -0.4 is 10.1 Å². The maximum Gasteiger partial charge on any atom is 0.119 e. The molecule has 2 nitrogen and oxygen atoms in total. The van der Waals surface area contributed by atoms with E-state index in [1.165, 1.54) is 17.5 Å². The van der Waals surface area contributed by atoms with E-state index in [2.05, 4.69) is 24.4 Å². The molecule has 0 fully saturated rings. The third-order valence-corrected chi connectivity index (χ3v) is 3.38. The summed E-state index contributed by atoms with van der Waals surface area (Å²) in [7, 11) is 0. The first-order valence-electron chi connectivity index (χ1n) is 6.90. The number of ether oxygens (including phenoxy) is 1. The Hall–Kier alpha value is -1.09. The summed E-state index contributed by atoms with van der Waals surface area (Å²) in [6.45, 7) is 3.41. The van der Waals surface area contributed by atoms with Gasteiger partial charge in [-0.2, -0.15) is 0 Å². The van der Waals surface area contributed by atoms with E-state index in [1.54, 1.807) is 0 Å². The molecule has 1 atom stereocenters. The van der Waals surface area contributed by atoms with Crippen molar-refractivity contribution in [3.05, 3.63) is 29.3 Å². The third-order valence-electron chi connectivity index (χ3n) is 3.38. The summed E-state index contributed by atoms with van der Waals surface area (Å²) in [5, 5.41) is 3.57. The van der Waals surface area contributed by atoms with Gasteiger partial charge in [0.1, 0.15) is 5.75 Å². The first kappa shape index (κ1) is 13.3. The minimum absolute atomic E-state index is 0.312. The molecule has 0 spiro atoms. The predicted molar refractivity (Wildman–Crippen MR) is 71.9 cm³/mol. The lowest BCUT2D eigenvalue weighted by Gasteiger charge is -2.13. The highest BCUT2D eigenvalue weighted by atomic mass is 19.1. The first-order valence-corrected chi connectivity index (χ1v) is 6.90. The van der Waals surface area contributed by atoms with Crippen molar-refractivity contribution in [2.45, 2.75) is 38.6 Å². The van der Waals surface area contributed by atoms with E-state index in [0.29, 0.717) is 19.1 Å². The predicted octanol–water partition coefficient (Wildman–Crippen LogP) is 3.41. The summed E-state index contributed by atoms with van der Waals surface area (Å²) >= 11 is 0. The number of fused-ring (bicyclic) bond motifs is 1. The van der Waals surface area contributed by atoms with Gasteiger partial charge in [0.05, 0.1) is 13.3 Å². The number of aryl methyl sites for hydroxylation is 1. The van der Waals surface area contributed by atoms with Crippen LogP contribution in [0.5, 0.6) is 5.75 Å². The lowest BCUT2D eigenvalue weighted by molar-refractivity contribution is 0.289. The van der Waals surface area contributed by atoms with Gasteiger partial charge in [-0.25, -0.2) is 0 Å². The van der Waals surface area contributed by atoms with Crippen molar-refractivity contribution in [1.82, 2.24) is 5.32 Å². The molecule has 1 unspecified atom stereocenters. The average molecular weight is 251 g/mol. The normalized spacial score (nSPS) is 17.8. The Balaban J connectivity index is 1.96. The van der Waals surface area contributed by atoms with Crippen LogP contribution in [0.2, 0.25) is 0 Å². The van der Waals surface area contributed by atoms with Gasteiger partial charge in [0, 0.05) is 12.5 Å². The third kappa shape index (κ3) is 3.22. The van der Waals surface area contributed by atoms with Crippen LogP contribution in [0, 0.1) is 0 Å². The summed E-state index contributed by atoms with van der Waals surface area (Å²) in [4.78, 5) is 0. The van der Waals surface area contributed by atoms with Gasteiger partial charge in [0.2, 0.25) is 0 Å². The van der Waals surface area contributed by atoms with Crippen LogP contribution in [0.4, 0.5) is 4.39 Å². The fraction of sp³-hybridized carbons (Fsp3) is 0.600. The minimum Gasteiger partial charge on any atom is -0.493 e. The van der Waals surface area contributed by atoms with Crippen LogP contribution in [0.3, 0.4) is 0 Å². The Kier molecular flexibility index (Phi) is 5.00. The number of nitrogens with one attached hydrogen (secondary N) is 1. The second-order valence-corrected chi connectivity index (χ2v) is 4.80. The smallest absolute Gasteiger partial charge is 0.119 e. The van der Waals surface area contributed by atoms with Gasteiger partial charge in [-0.3, -0.25) is 4.39 Å². The molecule has 0 saturated heterocycles. The molecule has 1 N–H and O–H groups in total. The molecule has 0 saturated carbocycles. The van der Waals surface area contributed by atoms with Gasteiger partial charge in [-0.05, 0) is 49.1 Å². The number of halogens is 1. The zero-order valence-corrected chi connectivity index (χ0v) is 11.0. The van der Waals surface area contributed by atoms with E-state index in [0.717, 1.165) is 25.1 Å². The average Bonchev–Trinajstić information content (AvgIpc) is 2.79. The van der Waals surface area contributed by atoms with Crippen LogP contribution in [0.1, 0.15) is 43.4 Å². The van der Waals surface area contributed by atoms with Gasteiger partial charge < -0.3 is 10.1 Å². The summed E-state index contributed by atoms with van der Waals surface area (Å²) < 4.78 is 17.5. The molecule has 0 aliphatic heterocycles. The number of rotatable bonds is 7. The maximum atomic E-state index is 12.0. The van der Waals surface area contributed by atoms with Crippen molar-refractivity contribution >= 4 is 0 Å². The Bertz CT molecular complexity index is 381. The number of hydrogen-bond donors (Lipinski definition) is 1. The van der Waals surface area contributed by atoms with E-state index in [-0.39, 0.29) is 6.67 Å². The van der Waals surface area contributed by atoms with E-state index < -0.39 is 0 Å². The largest absolute Gasteiger partial charge is 0.493 e. The van der Waals surface area contributed by atoms with Crippen LogP contribution in [0.15, 0.2) is 18.2 Å². The molecular formula is C15H22FNO. The van der Waals surface area contributed by atoms with Crippen molar-refractivity contribution < 1.29 is 9.13 Å².